The molecule has 1 aliphatic carbocycles. The topological polar surface area (TPSA) is 29.0 Å². The van der Waals surface area contributed by atoms with Crippen LogP contribution in [0.2, 0.25) is 5.15 Å². The molecule has 1 aromatic heterocycles. The van der Waals surface area contributed by atoms with Gasteiger partial charge in [-0.3, -0.25) is 0 Å². The first kappa shape index (κ1) is 14.6. The van der Waals surface area contributed by atoms with Crippen LogP contribution in [-0.4, -0.2) is 23.6 Å². The van der Waals surface area contributed by atoms with Crippen molar-refractivity contribution >= 4 is 17.4 Å². The first-order valence-corrected chi connectivity index (χ1v) is 7.50. The molecule has 1 aromatic rings. The van der Waals surface area contributed by atoms with Gasteiger partial charge >= 0.3 is 0 Å². The molecule has 0 amide bonds. The van der Waals surface area contributed by atoms with Crippen molar-refractivity contribution in [1.82, 2.24) is 9.97 Å². The highest BCUT2D eigenvalue weighted by Gasteiger charge is 2.21. The highest BCUT2D eigenvalue weighted by atomic mass is 35.5. The van der Waals surface area contributed by atoms with E-state index in [-0.39, 0.29) is 5.41 Å². The molecule has 1 aliphatic rings. The first-order valence-electron chi connectivity index (χ1n) is 7.12. The Morgan fingerprint density at radius 2 is 1.89 bits per heavy atom. The number of nitrogens with zero attached hydrogens (tertiary/aromatic N) is 3. The van der Waals surface area contributed by atoms with Gasteiger partial charge in [0.25, 0.3) is 0 Å². The lowest BCUT2D eigenvalue weighted by molar-refractivity contribution is 0.531. The summed E-state index contributed by atoms with van der Waals surface area (Å²) in [4.78, 5) is 11.2. The smallest absolute Gasteiger partial charge is 0.137 e. The van der Waals surface area contributed by atoms with Crippen molar-refractivity contribution in [3.05, 3.63) is 17.0 Å². The molecule has 0 radical (unpaired) electrons. The second kappa shape index (κ2) is 5.66. The fourth-order valence-electron chi connectivity index (χ4n) is 2.61. The van der Waals surface area contributed by atoms with E-state index in [1.807, 2.05) is 6.07 Å². The average Bonchev–Trinajstić information content (AvgIpc) is 2.79. The molecule has 0 spiro atoms. The van der Waals surface area contributed by atoms with Gasteiger partial charge in [-0.2, -0.15) is 0 Å². The molecule has 1 heterocycles. The second-order valence-corrected chi connectivity index (χ2v) is 7.04. The number of halogens is 1. The largest absolute Gasteiger partial charge is 0.359 e. The van der Waals surface area contributed by atoms with Crippen LogP contribution in [0.25, 0.3) is 0 Å². The van der Waals surface area contributed by atoms with Crippen LogP contribution in [0.3, 0.4) is 0 Å². The molecule has 4 heteroatoms. The Labute approximate surface area is 121 Å². The summed E-state index contributed by atoms with van der Waals surface area (Å²) in [6.45, 7) is 7.40. The number of rotatable bonds is 3. The van der Waals surface area contributed by atoms with Gasteiger partial charge in [0.15, 0.2) is 0 Å². The molecular formula is C15H24ClN3. The first-order chi connectivity index (χ1) is 8.86. The molecule has 0 aromatic carbocycles. The summed E-state index contributed by atoms with van der Waals surface area (Å²) >= 11 is 6.14. The van der Waals surface area contributed by atoms with E-state index < -0.39 is 0 Å². The van der Waals surface area contributed by atoms with Gasteiger partial charge < -0.3 is 4.90 Å². The molecule has 0 aliphatic heterocycles. The minimum Gasteiger partial charge on any atom is -0.359 e. The number of aromatic nitrogens is 2. The van der Waals surface area contributed by atoms with Gasteiger partial charge in [0.05, 0.1) is 0 Å². The van der Waals surface area contributed by atoms with Gasteiger partial charge in [-0.05, 0) is 18.8 Å². The second-order valence-electron chi connectivity index (χ2n) is 6.65. The normalized spacial score (nSPS) is 16.9. The van der Waals surface area contributed by atoms with E-state index in [2.05, 4.69) is 42.7 Å². The molecule has 0 saturated heterocycles. The van der Waals surface area contributed by atoms with Crippen LogP contribution in [0.4, 0.5) is 5.82 Å². The fourth-order valence-corrected chi connectivity index (χ4v) is 2.79. The summed E-state index contributed by atoms with van der Waals surface area (Å²) in [5.74, 6) is 2.56. The summed E-state index contributed by atoms with van der Waals surface area (Å²) in [7, 11) is 2.10. The van der Waals surface area contributed by atoms with Crippen LogP contribution in [0, 0.1) is 5.92 Å². The summed E-state index contributed by atoms with van der Waals surface area (Å²) in [6, 6.07) is 1.87. The summed E-state index contributed by atoms with van der Waals surface area (Å²) in [5.41, 5.74) is -0.0755. The van der Waals surface area contributed by atoms with Gasteiger partial charge in [-0.25, -0.2) is 9.97 Å². The molecule has 1 saturated carbocycles. The molecule has 0 atom stereocenters. The Balaban J connectivity index is 2.16. The minimum absolute atomic E-state index is 0.0755. The Morgan fingerprint density at radius 3 is 2.47 bits per heavy atom. The van der Waals surface area contributed by atoms with Crippen molar-refractivity contribution in [1.29, 1.82) is 0 Å². The molecule has 0 N–H and O–H groups in total. The summed E-state index contributed by atoms with van der Waals surface area (Å²) in [5, 5.41) is 0.535. The van der Waals surface area contributed by atoms with Crippen molar-refractivity contribution in [3.8, 4) is 0 Å². The SMILES string of the molecule is CN(CC1CCCC1)c1cc(Cl)nc(C(C)(C)C)n1. The zero-order valence-electron chi connectivity index (χ0n) is 12.4. The fraction of sp³-hybridized carbons (Fsp3) is 0.733. The van der Waals surface area contributed by atoms with Crippen LogP contribution in [0.5, 0.6) is 0 Å². The lowest BCUT2D eigenvalue weighted by atomic mass is 9.96. The molecule has 1 fully saturated rings. The molecule has 19 heavy (non-hydrogen) atoms. The molecule has 106 valence electrons. The van der Waals surface area contributed by atoms with Crippen LogP contribution >= 0.6 is 11.6 Å². The van der Waals surface area contributed by atoms with E-state index in [9.17, 15) is 0 Å². The lowest BCUT2D eigenvalue weighted by Gasteiger charge is -2.24. The van der Waals surface area contributed by atoms with Gasteiger partial charge in [-0.1, -0.05) is 45.2 Å². The zero-order valence-corrected chi connectivity index (χ0v) is 13.2. The van der Waals surface area contributed by atoms with Crippen molar-refractivity contribution < 1.29 is 0 Å². The number of anilines is 1. The highest BCUT2D eigenvalue weighted by Crippen LogP contribution is 2.28. The maximum Gasteiger partial charge on any atom is 0.137 e. The quantitative estimate of drug-likeness (QED) is 0.783. The zero-order chi connectivity index (χ0) is 14.0. The van der Waals surface area contributed by atoms with E-state index in [4.69, 9.17) is 11.6 Å². The van der Waals surface area contributed by atoms with Gasteiger partial charge in [0.2, 0.25) is 0 Å². The minimum atomic E-state index is -0.0755. The Kier molecular flexibility index (Phi) is 4.34. The monoisotopic (exact) mass is 281 g/mol. The Hall–Kier alpha value is -0.830. The highest BCUT2D eigenvalue weighted by molar-refractivity contribution is 6.29. The third kappa shape index (κ3) is 3.82. The van der Waals surface area contributed by atoms with Crippen LogP contribution in [-0.2, 0) is 5.41 Å². The van der Waals surface area contributed by atoms with Crippen molar-refractivity contribution in [2.45, 2.75) is 51.9 Å². The molecule has 2 rings (SSSR count). The lowest BCUT2D eigenvalue weighted by Crippen LogP contribution is -2.26. The van der Waals surface area contributed by atoms with Gasteiger partial charge in [0.1, 0.15) is 16.8 Å². The summed E-state index contributed by atoms with van der Waals surface area (Å²) in [6.07, 6.45) is 5.43. The maximum absolute atomic E-state index is 6.14. The van der Waals surface area contributed by atoms with E-state index in [0.717, 1.165) is 24.1 Å². The third-order valence-electron chi connectivity index (χ3n) is 3.75. The van der Waals surface area contributed by atoms with Gasteiger partial charge in [0, 0.05) is 25.1 Å². The van der Waals surface area contributed by atoms with Crippen LogP contribution in [0.15, 0.2) is 6.07 Å². The maximum atomic E-state index is 6.14. The van der Waals surface area contributed by atoms with Crippen LogP contribution in [0.1, 0.15) is 52.3 Å². The van der Waals surface area contributed by atoms with Crippen molar-refractivity contribution in [3.63, 3.8) is 0 Å². The number of hydrogen-bond acceptors (Lipinski definition) is 3. The molecular weight excluding hydrogens is 258 g/mol. The van der Waals surface area contributed by atoms with E-state index in [0.29, 0.717) is 5.15 Å². The van der Waals surface area contributed by atoms with E-state index in [1.165, 1.54) is 25.7 Å². The predicted molar refractivity (Wildman–Crippen MR) is 81.0 cm³/mol. The van der Waals surface area contributed by atoms with E-state index >= 15 is 0 Å². The Bertz CT molecular complexity index is 434. The third-order valence-corrected chi connectivity index (χ3v) is 3.94. The van der Waals surface area contributed by atoms with Crippen LogP contribution < -0.4 is 4.90 Å². The van der Waals surface area contributed by atoms with Crippen molar-refractivity contribution in [2.75, 3.05) is 18.5 Å². The van der Waals surface area contributed by atoms with Crippen molar-refractivity contribution in [2.24, 2.45) is 5.92 Å². The molecule has 0 bridgehead atoms. The molecule has 0 unspecified atom stereocenters. The molecule has 3 nitrogen and oxygen atoms in total. The standard InChI is InChI=1S/C15H24ClN3/c1-15(2,3)14-17-12(16)9-13(18-14)19(4)10-11-7-5-6-8-11/h9,11H,5-8,10H2,1-4H3. The van der Waals surface area contributed by atoms with E-state index in [1.54, 1.807) is 0 Å². The van der Waals surface area contributed by atoms with Gasteiger partial charge in [-0.15, -0.1) is 0 Å². The Morgan fingerprint density at radius 1 is 1.26 bits per heavy atom. The summed E-state index contributed by atoms with van der Waals surface area (Å²) < 4.78 is 0. The average molecular weight is 282 g/mol. The number of hydrogen-bond donors (Lipinski definition) is 0. The predicted octanol–water partition coefficient (Wildman–Crippen LogP) is 4.05.